The van der Waals surface area contributed by atoms with E-state index >= 15 is 0 Å². The number of para-hydroxylation sites is 1. The number of nitrogens with zero attached hydrogens (tertiary/aromatic N) is 1. The zero-order valence-corrected chi connectivity index (χ0v) is 11.1. The largest absolute Gasteiger partial charge is 0.496 e. The molecule has 1 aromatic carbocycles. The molecule has 0 aliphatic heterocycles. The van der Waals surface area contributed by atoms with Crippen molar-refractivity contribution in [3.63, 3.8) is 0 Å². The van der Waals surface area contributed by atoms with Crippen LogP contribution < -0.4 is 15.4 Å². The first-order chi connectivity index (χ1) is 8.83. The highest BCUT2D eigenvalue weighted by Gasteiger charge is 2.22. The van der Waals surface area contributed by atoms with Crippen LogP contribution in [0.1, 0.15) is 25.3 Å². The van der Waals surface area contributed by atoms with Gasteiger partial charge in [0.2, 0.25) is 0 Å². The highest BCUT2D eigenvalue weighted by Crippen LogP contribution is 2.19. The van der Waals surface area contributed by atoms with Gasteiger partial charge in [-0.05, 0) is 25.8 Å². The zero-order chi connectivity index (χ0) is 12.8. The first-order valence-corrected chi connectivity index (χ1v) is 6.50. The zero-order valence-electron chi connectivity index (χ0n) is 11.1. The summed E-state index contributed by atoms with van der Waals surface area (Å²) < 4.78 is 5.32. The number of benzene rings is 1. The fraction of sp³-hybridized carbons (Fsp3) is 0.500. The lowest BCUT2D eigenvalue weighted by atomic mass is 10.2. The maximum absolute atomic E-state index is 5.32. The maximum Gasteiger partial charge on any atom is 0.191 e. The molecule has 0 aromatic heterocycles. The predicted molar refractivity (Wildman–Crippen MR) is 74.0 cm³/mol. The van der Waals surface area contributed by atoms with Crippen LogP contribution in [-0.2, 0) is 6.54 Å². The molecule has 0 spiro atoms. The Morgan fingerprint density at radius 2 is 2.17 bits per heavy atom. The first kappa shape index (κ1) is 12.7. The van der Waals surface area contributed by atoms with E-state index in [0.717, 1.165) is 23.8 Å². The topological polar surface area (TPSA) is 45.7 Å². The number of hydrogen-bond donors (Lipinski definition) is 2. The van der Waals surface area contributed by atoms with Gasteiger partial charge in [-0.1, -0.05) is 18.2 Å². The standard InChI is InChI=1S/C14H21N3O/c1-3-15-14(17-12-8-9-12)16-10-11-6-4-5-7-13(11)18-2/h4-7,12H,3,8-10H2,1-2H3,(H2,15,16,17). The molecule has 4 nitrogen and oxygen atoms in total. The molecular weight excluding hydrogens is 226 g/mol. The van der Waals surface area contributed by atoms with Gasteiger partial charge in [0.25, 0.3) is 0 Å². The Hall–Kier alpha value is -1.71. The number of ether oxygens (including phenoxy) is 1. The molecule has 18 heavy (non-hydrogen) atoms. The van der Waals surface area contributed by atoms with E-state index in [9.17, 15) is 0 Å². The van der Waals surface area contributed by atoms with Crippen LogP contribution in [0.3, 0.4) is 0 Å². The molecule has 0 radical (unpaired) electrons. The van der Waals surface area contributed by atoms with E-state index in [1.165, 1.54) is 12.8 Å². The number of guanidine groups is 1. The molecule has 2 rings (SSSR count). The van der Waals surface area contributed by atoms with Gasteiger partial charge in [-0.25, -0.2) is 4.99 Å². The van der Waals surface area contributed by atoms with Crippen molar-refractivity contribution in [3.8, 4) is 5.75 Å². The van der Waals surface area contributed by atoms with E-state index < -0.39 is 0 Å². The van der Waals surface area contributed by atoms with Crippen molar-refractivity contribution in [2.75, 3.05) is 13.7 Å². The van der Waals surface area contributed by atoms with Gasteiger partial charge in [0.05, 0.1) is 13.7 Å². The van der Waals surface area contributed by atoms with Crippen molar-refractivity contribution in [1.82, 2.24) is 10.6 Å². The molecular formula is C14H21N3O. The van der Waals surface area contributed by atoms with Gasteiger partial charge in [0.1, 0.15) is 5.75 Å². The molecule has 1 saturated carbocycles. The fourth-order valence-electron chi connectivity index (χ4n) is 1.74. The molecule has 0 amide bonds. The van der Waals surface area contributed by atoms with Gasteiger partial charge in [0, 0.05) is 18.2 Å². The maximum atomic E-state index is 5.32. The van der Waals surface area contributed by atoms with Crippen LogP contribution in [0.4, 0.5) is 0 Å². The second-order valence-electron chi connectivity index (χ2n) is 4.43. The van der Waals surface area contributed by atoms with Crippen LogP contribution in [0.25, 0.3) is 0 Å². The molecule has 1 aliphatic rings. The van der Waals surface area contributed by atoms with E-state index in [0.29, 0.717) is 12.6 Å². The number of nitrogens with one attached hydrogen (secondary N) is 2. The summed E-state index contributed by atoms with van der Waals surface area (Å²) in [5.74, 6) is 1.79. The number of hydrogen-bond acceptors (Lipinski definition) is 2. The van der Waals surface area contributed by atoms with Crippen LogP contribution in [0.5, 0.6) is 5.75 Å². The Morgan fingerprint density at radius 3 is 2.83 bits per heavy atom. The third-order valence-electron chi connectivity index (χ3n) is 2.86. The Morgan fingerprint density at radius 1 is 1.39 bits per heavy atom. The quantitative estimate of drug-likeness (QED) is 0.617. The third kappa shape index (κ3) is 3.65. The van der Waals surface area contributed by atoms with E-state index in [1.807, 2.05) is 24.3 Å². The summed E-state index contributed by atoms with van der Waals surface area (Å²) in [7, 11) is 1.69. The Bertz CT molecular complexity index is 413. The van der Waals surface area contributed by atoms with Gasteiger partial charge >= 0.3 is 0 Å². The van der Waals surface area contributed by atoms with Crippen LogP contribution >= 0.6 is 0 Å². The van der Waals surface area contributed by atoms with Crippen LogP contribution in [-0.4, -0.2) is 25.7 Å². The summed E-state index contributed by atoms with van der Waals surface area (Å²) >= 11 is 0. The van der Waals surface area contributed by atoms with Crippen molar-refractivity contribution in [1.29, 1.82) is 0 Å². The SMILES string of the molecule is CCNC(=NCc1ccccc1OC)NC1CC1. The minimum atomic E-state index is 0.612. The van der Waals surface area contributed by atoms with Crippen molar-refractivity contribution < 1.29 is 4.74 Å². The van der Waals surface area contributed by atoms with E-state index in [1.54, 1.807) is 7.11 Å². The van der Waals surface area contributed by atoms with Gasteiger partial charge in [-0.3, -0.25) is 0 Å². The van der Waals surface area contributed by atoms with E-state index in [2.05, 4.69) is 22.5 Å². The van der Waals surface area contributed by atoms with Crippen molar-refractivity contribution in [2.24, 2.45) is 4.99 Å². The van der Waals surface area contributed by atoms with Crippen molar-refractivity contribution in [2.45, 2.75) is 32.4 Å². The predicted octanol–water partition coefficient (Wildman–Crippen LogP) is 1.91. The van der Waals surface area contributed by atoms with Crippen molar-refractivity contribution >= 4 is 5.96 Å². The minimum absolute atomic E-state index is 0.612. The van der Waals surface area contributed by atoms with Crippen molar-refractivity contribution in [3.05, 3.63) is 29.8 Å². The molecule has 0 unspecified atom stereocenters. The third-order valence-corrected chi connectivity index (χ3v) is 2.86. The lowest BCUT2D eigenvalue weighted by molar-refractivity contribution is 0.410. The molecule has 0 saturated heterocycles. The molecule has 1 aromatic rings. The van der Waals surface area contributed by atoms with Crippen LogP contribution in [0, 0.1) is 0 Å². The molecule has 0 atom stereocenters. The average Bonchev–Trinajstić information content (AvgIpc) is 3.20. The molecule has 4 heteroatoms. The highest BCUT2D eigenvalue weighted by atomic mass is 16.5. The second kappa shape index (κ2) is 6.28. The van der Waals surface area contributed by atoms with Gasteiger partial charge in [-0.15, -0.1) is 0 Å². The van der Waals surface area contributed by atoms with Crippen LogP contribution in [0.2, 0.25) is 0 Å². The summed E-state index contributed by atoms with van der Waals surface area (Å²) in [5, 5.41) is 6.66. The fourth-order valence-corrected chi connectivity index (χ4v) is 1.74. The Labute approximate surface area is 108 Å². The average molecular weight is 247 g/mol. The summed E-state index contributed by atoms with van der Waals surface area (Å²) in [6, 6.07) is 8.60. The molecule has 1 fully saturated rings. The summed E-state index contributed by atoms with van der Waals surface area (Å²) in [5.41, 5.74) is 1.10. The number of rotatable bonds is 5. The summed E-state index contributed by atoms with van der Waals surface area (Å²) in [6.45, 7) is 3.59. The van der Waals surface area contributed by atoms with Gasteiger partial charge < -0.3 is 15.4 Å². The molecule has 98 valence electrons. The highest BCUT2D eigenvalue weighted by molar-refractivity contribution is 5.80. The van der Waals surface area contributed by atoms with E-state index in [4.69, 9.17) is 4.74 Å². The Kier molecular flexibility index (Phi) is 4.45. The molecule has 2 N–H and O–H groups in total. The lowest BCUT2D eigenvalue weighted by Crippen LogP contribution is -2.38. The van der Waals surface area contributed by atoms with E-state index in [-0.39, 0.29) is 0 Å². The number of methoxy groups -OCH3 is 1. The first-order valence-electron chi connectivity index (χ1n) is 6.50. The second-order valence-corrected chi connectivity index (χ2v) is 4.43. The smallest absolute Gasteiger partial charge is 0.191 e. The molecule has 0 heterocycles. The minimum Gasteiger partial charge on any atom is -0.496 e. The lowest BCUT2D eigenvalue weighted by Gasteiger charge is -2.11. The monoisotopic (exact) mass is 247 g/mol. The molecule has 1 aliphatic carbocycles. The molecule has 0 bridgehead atoms. The van der Waals surface area contributed by atoms with Gasteiger partial charge in [-0.2, -0.15) is 0 Å². The van der Waals surface area contributed by atoms with Gasteiger partial charge in [0.15, 0.2) is 5.96 Å². The van der Waals surface area contributed by atoms with Crippen LogP contribution in [0.15, 0.2) is 29.3 Å². The normalized spacial score (nSPS) is 15.3. The summed E-state index contributed by atoms with van der Waals surface area (Å²) in [4.78, 5) is 4.59. The Balaban J connectivity index is 2.00. The summed E-state index contributed by atoms with van der Waals surface area (Å²) in [6.07, 6.45) is 2.50. The number of aliphatic imine (C=N–C) groups is 1.